The predicted molar refractivity (Wildman–Crippen MR) is 83.0 cm³/mol. The minimum Gasteiger partial charge on any atom is -0.491 e. The zero-order valence-corrected chi connectivity index (χ0v) is 12.8. The molecule has 1 aliphatic rings. The Bertz CT molecular complexity index is 1030. The van der Waals surface area contributed by atoms with E-state index in [2.05, 4.69) is 14.7 Å². The summed E-state index contributed by atoms with van der Waals surface area (Å²) in [4.78, 5) is 13.1. The maximum atomic E-state index is 13.2. The molecule has 0 aliphatic carbocycles. The maximum Gasteiger partial charge on any atom is 0.287 e. The number of hydrogen-bond acceptors (Lipinski definition) is 5. The zero-order valence-electron chi connectivity index (χ0n) is 12.0. The van der Waals surface area contributed by atoms with Crippen LogP contribution in [0.5, 0.6) is 5.75 Å². The molecule has 23 heavy (non-hydrogen) atoms. The Labute approximate surface area is 132 Å². The quantitative estimate of drug-likeness (QED) is 0.680. The van der Waals surface area contributed by atoms with Gasteiger partial charge in [0, 0.05) is 6.20 Å². The number of rotatable bonds is 1. The number of ether oxygens (including phenoxy) is 1. The minimum atomic E-state index is -2.85. The molecule has 0 N–H and O–H groups in total. The van der Waals surface area contributed by atoms with Gasteiger partial charge in [0.05, 0.1) is 37.7 Å². The molecule has 8 heteroatoms. The van der Waals surface area contributed by atoms with Gasteiger partial charge in [-0.05, 0) is 24.3 Å². The lowest BCUT2D eigenvalue weighted by Gasteiger charge is -2.20. The SMILES string of the molecule is O=C(N=S1(=O)CCOc2ccccc21)c1cccn2nncc12. The van der Waals surface area contributed by atoms with Gasteiger partial charge in [-0.25, -0.2) is 8.72 Å². The van der Waals surface area contributed by atoms with E-state index >= 15 is 0 Å². The third-order valence-electron chi connectivity index (χ3n) is 3.61. The van der Waals surface area contributed by atoms with Crippen LogP contribution in [0.4, 0.5) is 0 Å². The first-order valence-corrected chi connectivity index (χ1v) is 8.66. The van der Waals surface area contributed by atoms with Crippen molar-refractivity contribution in [3.8, 4) is 5.75 Å². The highest BCUT2D eigenvalue weighted by Gasteiger charge is 2.25. The molecule has 2 aromatic heterocycles. The second-order valence-electron chi connectivity index (χ2n) is 5.02. The monoisotopic (exact) mass is 328 g/mol. The summed E-state index contributed by atoms with van der Waals surface area (Å²) >= 11 is 0. The summed E-state index contributed by atoms with van der Waals surface area (Å²) in [6, 6.07) is 10.3. The molecule has 116 valence electrons. The summed E-state index contributed by atoms with van der Waals surface area (Å²) < 4.78 is 24.2. The Morgan fingerprint density at radius 1 is 1.26 bits per heavy atom. The Balaban J connectivity index is 1.86. The van der Waals surface area contributed by atoms with E-state index in [4.69, 9.17) is 4.74 Å². The average Bonchev–Trinajstić information content (AvgIpc) is 3.03. The van der Waals surface area contributed by atoms with Crippen LogP contribution in [0.1, 0.15) is 10.4 Å². The fourth-order valence-corrected chi connectivity index (χ4v) is 4.34. The molecule has 0 fully saturated rings. The number of aromatic nitrogens is 3. The van der Waals surface area contributed by atoms with Crippen LogP contribution in [0.25, 0.3) is 5.52 Å². The molecule has 0 radical (unpaired) electrons. The average molecular weight is 328 g/mol. The molecule has 1 aliphatic heterocycles. The number of pyridine rings is 1. The highest BCUT2D eigenvalue weighted by Crippen LogP contribution is 2.30. The molecule has 4 rings (SSSR count). The van der Waals surface area contributed by atoms with Crippen molar-refractivity contribution in [2.24, 2.45) is 4.36 Å². The van der Waals surface area contributed by atoms with Crippen molar-refractivity contribution in [1.82, 2.24) is 14.8 Å². The molecule has 1 atom stereocenters. The van der Waals surface area contributed by atoms with Gasteiger partial charge in [0.25, 0.3) is 5.91 Å². The molecule has 0 bridgehead atoms. The van der Waals surface area contributed by atoms with Crippen molar-refractivity contribution in [1.29, 1.82) is 0 Å². The third kappa shape index (κ3) is 2.27. The summed E-state index contributed by atoms with van der Waals surface area (Å²) in [7, 11) is -2.85. The molecule has 0 saturated carbocycles. The van der Waals surface area contributed by atoms with E-state index in [0.29, 0.717) is 21.7 Å². The second kappa shape index (κ2) is 5.17. The van der Waals surface area contributed by atoms with Crippen LogP contribution < -0.4 is 4.74 Å². The fourth-order valence-electron chi connectivity index (χ4n) is 2.52. The van der Waals surface area contributed by atoms with Crippen LogP contribution in [0, 0.1) is 0 Å². The van der Waals surface area contributed by atoms with Gasteiger partial charge < -0.3 is 4.74 Å². The van der Waals surface area contributed by atoms with Crippen LogP contribution in [-0.4, -0.2) is 37.3 Å². The first-order chi connectivity index (χ1) is 11.2. The molecule has 1 amide bonds. The van der Waals surface area contributed by atoms with E-state index in [-0.39, 0.29) is 12.4 Å². The van der Waals surface area contributed by atoms with Gasteiger partial charge in [-0.1, -0.05) is 17.3 Å². The van der Waals surface area contributed by atoms with Gasteiger partial charge >= 0.3 is 0 Å². The van der Waals surface area contributed by atoms with Crippen LogP contribution in [0.2, 0.25) is 0 Å². The smallest absolute Gasteiger partial charge is 0.287 e. The predicted octanol–water partition coefficient (Wildman–Crippen LogP) is 1.79. The van der Waals surface area contributed by atoms with Gasteiger partial charge in [0.2, 0.25) is 0 Å². The lowest BCUT2D eigenvalue weighted by atomic mass is 10.2. The molecule has 0 saturated heterocycles. The lowest BCUT2D eigenvalue weighted by Crippen LogP contribution is -2.22. The number of hydrogen-bond donors (Lipinski definition) is 0. The number of carbonyl (C=O) groups is 1. The molecular weight excluding hydrogens is 316 g/mol. The highest BCUT2D eigenvalue weighted by atomic mass is 32.2. The van der Waals surface area contributed by atoms with Crippen LogP contribution in [0.15, 0.2) is 58.1 Å². The minimum absolute atomic E-state index is 0.191. The first kappa shape index (κ1) is 13.9. The number of amides is 1. The fraction of sp³-hybridized carbons (Fsp3) is 0.133. The molecule has 7 nitrogen and oxygen atoms in total. The number of nitrogens with zero attached hydrogens (tertiary/aromatic N) is 4. The van der Waals surface area contributed by atoms with E-state index in [1.807, 2.05) is 0 Å². The number of carbonyl (C=O) groups excluding carboxylic acids is 1. The van der Waals surface area contributed by atoms with Crippen molar-refractivity contribution >= 4 is 21.2 Å². The van der Waals surface area contributed by atoms with E-state index in [1.165, 1.54) is 10.7 Å². The molecule has 3 heterocycles. The summed E-state index contributed by atoms with van der Waals surface area (Å²) in [6.45, 7) is 0.269. The molecular formula is C15H12N4O3S. The summed E-state index contributed by atoms with van der Waals surface area (Å²) in [5, 5.41) is 7.62. The normalized spacial score (nSPS) is 19.8. The standard InChI is InChI=1S/C15H12N4O3S/c20-15(11-4-3-7-19-12(11)10-16-18-19)17-23(21)9-8-22-13-5-1-2-6-14(13)23/h1-7,10H,8-9H2. The van der Waals surface area contributed by atoms with Crippen molar-refractivity contribution < 1.29 is 13.7 Å². The Hall–Kier alpha value is -2.74. The van der Waals surface area contributed by atoms with E-state index in [1.54, 1.807) is 42.6 Å². The first-order valence-electron chi connectivity index (χ1n) is 6.97. The van der Waals surface area contributed by atoms with E-state index in [9.17, 15) is 9.00 Å². The summed E-state index contributed by atoms with van der Waals surface area (Å²) in [5.41, 5.74) is 0.855. The van der Waals surface area contributed by atoms with E-state index in [0.717, 1.165) is 0 Å². The van der Waals surface area contributed by atoms with Crippen molar-refractivity contribution in [2.75, 3.05) is 12.4 Å². The largest absolute Gasteiger partial charge is 0.491 e. The van der Waals surface area contributed by atoms with Crippen molar-refractivity contribution in [3.63, 3.8) is 0 Å². The molecule has 1 aromatic carbocycles. The number of para-hydroxylation sites is 1. The van der Waals surface area contributed by atoms with Crippen molar-refractivity contribution in [2.45, 2.75) is 4.90 Å². The number of fused-ring (bicyclic) bond motifs is 2. The Kier molecular flexibility index (Phi) is 3.12. The van der Waals surface area contributed by atoms with Gasteiger partial charge in [0.15, 0.2) is 0 Å². The van der Waals surface area contributed by atoms with E-state index < -0.39 is 15.6 Å². The lowest BCUT2D eigenvalue weighted by molar-refractivity contribution is 0.101. The van der Waals surface area contributed by atoms with Crippen LogP contribution >= 0.6 is 0 Å². The van der Waals surface area contributed by atoms with Gasteiger partial charge in [-0.2, -0.15) is 4.36 Å². The summed E-state index contributed by atoms with van der Waals surface area (Å²) in [6.07, 6.45) is 3.16. The Morgan fingerprint density at radius 2 is 2.13 bits per heavy atom. The van der Waals surface area contributed by atoms with Gasteiger partial charge in [-0.3, -0.25) is 4.79 Å². The molecule has 3 aromatic rings. The third-order valence-corrected chi connectivity index (χ3v) is 5.82. The van der Waals surface area contributed by atoms with Crippen LogP contribution in [-0.2, 0) is 9.73 Å². The zero-order chi connectivity index (χ0) is 15.9. The second-order valence-corrected chi connectivity index (χ2v) is 7.33. The number of benzene rings is 1. The van der Waals surface area contributed by atoms with Crippen LogP contribution in [0.3, 0.4) is 0 Å². The maximum absolute atomic E-state index is 13.2. The summed E-state index contributed by atoms with van der Waals surface area (Å²) in [5.74, 6) is 0.167. The van der Waals surface area contributed by atoms with Gasteiger partial charge in [0.1, 0.15) is 12.4 Å². The Morgan fingerprint density at radius 3 is 3.04 bits per heavy atom. The topological polar surface area (TPSA) is 85.9 Å². The molecule has 0 spiro atoms. The van der Waals surface area contributed by atoms with Gasteiger partial charge in [-0.15, -0.1) is 5.10 Å². The highest BCUT2D eigenvalue weighted by molar-refractivity contribution is 7.94. The van der Waals surface area contributed by atoms with Crippen molar-refractivity contribution in [3.05, 3.63) is 54.4 Å². The molecule has 1 unspecified atom stereocenters.